The number of nitrogens with two attached hydrogens (primary N) is 1. The quantitative estimate of drug-likeness (QED) is 0.421. The molecule has 0 amide bonds. The lowest BCUT2D eigenvalue weighted by Gasteiger charge is -2.26. The van der Waals surface area contributed by atoms with Crippen LogP contribution in [-0.2, 0) is 6.61 Å². The maximum absolute atomic E-state index is 12.9. The second kappa shape index (κ2) is 8.38. The summed E-state index contributed by atoms with van der Waals surface area (Å²) in [5.41, 5.74) is 7.85. The molecule has 2 N–H and O–H groups in total. The molecule has 162 valence electrons. The van der Waals surface area contributed by atoms with Gasteiger partial charge in [-0.2, -0.15) is 5.26 Å². The number of rotatable bonds is 4. The second-order valence-corrected chi connectivity index (χ2v) is 7.91. The number of fused-ring (bicyclic) bond motifs is 3. The van der Waals surface area contributed by atoms with Crippen molar-refractivity contribution >= 4 is 22.6 Å². The summed E-state index contributed by atoms with van der Waals surface area (Å²) in [7, 11) is 0. The van der Waals surface area contributed by atoms with Crippen molar-refractivity contribution in [3.63, 3.8) is 0 Å². The first-order valence-corrected chi connectivity index (χ1v) is 10.5. The monoisotopic (exact) mass is 456 g/mol. The lowest BCUT2D eigenvalue weighted by molar-refractivity contribution is 0.306. The number of para-hydroxylation sites is 1. The highest BCUT2D eigenvalue weighted by Crippen LogP contribution is 2.43. The van der Waals surface area contributed by atoms with Crippen molar-refractivity contribution in [3.8, 4) is 17.6 Å². The molecule has 5 rings (SSSR count). The highest BCUT2D eigenvalue weighted by molar-refractivity contribution is 6.31. The van der Waals surface area contributed by atoms with Crippen molar-refractivity contribution in [2.45, 2.75) is 12.5 Å². The molecule has 33 heavy (non-hydrogen) atoms. The molecule has 7 heteroatoms. The van der Waals surface area contributed by atoms with E-state index < -0.39 is 11.5 Å². The van der Waals surface area contributed by atoms with E-state index in [2.05, 4.69) is 6.07 Å². The third-order valence-corrected chi connectivity index (χ3v) is 5.91. The first-order chi connectivity index (χ1) is 16.1. The van der Waals surface area contributed by atoms with E-state index in [1.807, 2.05) is 24.3 Å². The predicted octanol–water partition coefficient (Wildman–Crippen LogP) is 5.24. The molecule has 1 aromatic heterocycles. The Labute approximate surface area is 194 Å². The van der Waals surface area contributed by atoms with Crippen LogP contribution in [0.25, 0.3) is 11.0 Å². The van der Waals surface area contributed by atoms with Crippen LogP contribution >= 0.6 is 11.6 Å². The molecule has 0 radical (unpaired) electrons. The van der Waals surface area contributed by atoms with Crippen molar-refractivity contribution in [2.75, 3.05) is 0 Å². The van der Waals surface area contributed by atoms with Crippen LogP contribution in [0.5, 0.6) is 11.5 Å². The zero-order valence-corrected chi connectivity index (χ0v) is 18.0. The third kappa shape index (κ3) is 3.69. The Morgan fingerprint density at radius 1 is 1.03 bits per heavy atom. The Morgan fingerprint density at radius 2 is 1.76 bits per heavy atom. The fourth-order valence-electron chi connectivity index (χ4n) is 3.93. The zero-order chi connectivity index (χ0) is 22.9. The van der Waals surface area contributed by atoms with Gasteiger partial charge in [-0.05, 0) is 35.9 Å². The van der Waals surface area contributed by atoms with E-state index >= 15 is 0 Å². The molecule has 0 saturated heterocycles. The van der Waals surface area contributed by atoms with Gasteiger partial charge in [0.25, 0.3) is 0 Å². The summed E-state index contributed by atoms with van der Waals surface area (Å²) in [6.45, 7) is 0.311. The number of ether oxygens (including phenoxy) is 2. The first-order valence-electron chi connectivity index (χ1n) is 10.2. The summed E-state index contributed by atoms with van der Waals surface area (Å²) >= 11 is 6.19. The van der Waals surface area contributed by atoms with E-state index in [1.165, 1.54) is 0 Å². The number of benzene rings is 3. The zero-order valence-electron chi connectivity index (χ0n) is 17.2. The van der Waals surface area contributed by atoms with Gasteiger partial charge >= 0.3 is 5.63 Å². The van der Waals surface area contributed by atoms with Crippen LogP contribution in [0.2, 0.25) is 5.02 Å². The normalized spacial score (nSPS) is 15.0. The minimum absolute atomic E-state index is 0.0372. The van der Waals surface area contributed by atoms with Gasteiger partial charge < -0.3 is 19.6 Å². The molecular formula is C26H17ClN2O4. The van der Waals surface area contributed by atoms with Crippen molar-refractivity contribution in [3.05, 3.63) is 116 Å². The summed E-state index contributed by atoms with van der Waals surface area (Å²) < 4.78 is 17.1. The summed E-state index contributed by atoms with van der Waals surface area (Å²) in [4.78, 5) is 12.9. The van der Waals surface area contributed by atoms with Crippen molar-refractivity contribution in [2.24, 2.45) is 5.73 Å². The van der Waals surface area contributed by atoms with Crippen LogP contribution in [0.1, 0.15) is 22.6 Å². The fourth-order valence-corrected chi connectivity index (χ4v) is 4.12. The number of hydrogen-bond donors (Lipinski definition) is 1. The number of allylic oxidation sites excluding steroid dienone is 1. The Hall–Kier alpha value is -4.21. The van der Waals surface area contributed by atoms with Gasteiger partial charge in [-0.1, -0.05) is 54.1 Å². The van der Waals surface area contributed by atoms with Gasteiger partial charge in [0.15, 0.2) is 5.75 Å². The fraction of sp³-hybridized carbons (Fsp3) is 0.0769. The number of halogens is 1. The van der Waals surface area contributed by atoms with Crippen molar-refractivity contribution in [1.29, 1.82) is 5.26 Å². The summed E-state index contributed by atoms with van der Waals surface area (Å²) in [6, 6.07) is 23.7. The van der Waals surface area contributed by atoms with E-state index in [-0.39, 0.29) is 17.0 Å². The van der Waals surface area contributed by atoms with Gasteiger partial charge in [0.1, 0.15) is 29.6 Å². The standard InChI is InChI=1S/C26H17ClN2O4/c27-20-7-3-1-5-16(20)14-31-17-11-9-15(10-12-17)22-19(13-28)25(29)33-24-18-6-2-4-8-21(18)32-26(30)23(22)24/h1-12,22H,14,29H2/t22-/m1/s1. The Morgan fingerprint density at radius 3 is 2.52 bits per heavy atom. The highest BCUT2D eigenvalue weighted by Gasteiger charge is 2.35. The van der Waals surface area contributed by atoms with Gasteiger partial charge in [-0.3, -0.25) is 0 Å². The van der Waals surface area contributed by atoms with E-state index in [4.69, 9.17) is 31.2 Å². The van der Waals surface area contributed by atoms with Crippen molar-refractivity contribution in [1.82, 2.24) is 0 Å². The average molecular weight is 457 g/mol. The van der Waals surface area contributed by atoms with Crippen molar-refractivity contribution < 1.29 is 13.9 Å². The third-order valence-electron chi connectivity index (χ3n) is 5.54. The van der Waals surface area contributed by atoms with Crippen LogP contribution < -0.4 is 20.8 Å². The van der Waals surface area contributed by atoms with E-state index in [0.717, 1.165) is 5.56 Å². The Bertz CT molecular complexity index is 1500. The Balaban J connectivity index is 1.53. The first kappa shape index (κ1) is 20.7. The molecule has 1 atom stereocenters. The number of nitrogens with zero attached hydrogens (tertiary/aromatic N) is 1. The Kier molecular flexibility index (Phi) is 5.25. The largest absolute Gasteiger partial charge is 0.489 e. The molecule has 0 bridgehead atoms. The van der Waals surface area contributed by atoms with E-state index in [1.54, 1.807) is 48.5 Å². The predicted molar refractivity (Wildman–Crippen MR) is 124 cm³/mol. The molecule has 2 heterocycles. The maximum Gasteiger partial charge on any atom is 0.344 e. The molecule has 1 aliphatic heterocycles. The molecule has 0 aliphatic carbocycles. The smallest absolute Gasteiger partial charge is 0.344 e. The van der Waals surface area contributed by atoms with Gasteiger partial charge in [0.2, 0.25) is 5.88 Å². The molecule has 4 aromatic rings. The molecule has 3 aromatic carbocycles. The van der Waals surface area contributed by atoms with Crippen LogP contribution in [-0.4, -0.2) is 0 Å². The maximum atomic E-state index is 12.9. The second-order valence-electron chi connectivity index (χ2n) is 7.50. The minimum Gasteiger partial charge on any atom is -0.489 e. The van der Waals surface area contributed by atoms with Gasteiger partial charge in [-0.25, -0.2) is 4.79 Å². The van der Waals surface area contributed by atoms with Gasteiger partial charge in [-0.15, -0.1) is 0 Å². The topological polar surface area (TPSA) is 98.5 Å². The molecule has 1 aliphatic rings. The number of hydrogen-bond acceptors (Lipinski definition) is 6. The number of nitriles is 1. The van der Waals surface area contributed by atoms with Crippen LogP contribution in [0.3, 0.4) is 0 Å². The molecule has 0 unspecified atom stereocenters. The average Bonchev–Trinajstić information content (AvgIpc) is 2.83. The van der Waals surface area contributed by atoms with Gasteiger partial charge in [0, 0.05) is 10.6 Å². The molecule has 0 fully saturated rings. The lowest BCUT2D eigenvalue weighted by atomic mass is 9.84. The summed E-state index contributed by atoms with van der Waals surface area (Å²) in [5, 5.41) is 11.0. The van der Waals surface area contributed by atoms with Crippen LogP contribution in [0, 0.1) is 11.3 Å². The van der Waals surface area contributed by atoms with Crippen LogP contribution in [0.15, 0.2) is 93.5 Å². The summed E-state index contributed by atoms with van der Waals surface area (Å²) in [6.07, 6.45) is 0. The van der Waals surface area contributed by atoms with Crippen LogP contribution in [0.4, 0.5) is 0 Å². The molecule has 0 saturated carbocycles. The lowest BCUT2D eigenvalue weighted by Crippen LogP contribution is -2.26. The summed E-state index contributed by atoms with van der Waals surface area (Å²) in [5.74, 6) is 0.163. The molecule has 6 nitrogen and oxygen atoms in total. The van der Waals surface area contributed by atoms with Gasteiger partial charge in [0.05, 0.1) is 16.9 Å². The van der Waals surface area contributed by atoms with E-state index in [0.29, 0.717) is 39.7 Å². The molecular weight excluding hydrogens is 440 g/mol. The SMILES string of the molecule is N#CC1=C(N)Oc2c(c(=O)oc3ccccc23)[C@@H]1c1ccc(OCc2ccccc2Cl)cc1. The molecule has 0 spiro atoms. The highest BCUT2D eigenvalue weighted by atomic mass is 35.5. The van der Waals surface area contributed by atoms with E-state index in [9.17, 15) is 10.1 Å². The minimum atomic E-state index is -0.725.